The van der Waals surface area contributed by atoms with Gasteiger partial charge in [0.1, 0.15) is 5.75 Å². The molecule has 1 aromatic rings. The van der Waals surface area contributed by atoms with E-state index in [1.165, 1.54) is 0 Å². The van der Waals surface area contributed by atoms with Crippen LogP contribution in [0.25, 0.3) is 0 Å². The number of phenolic OH excluding ortho intramolecular Hbond substituents is 1. The van der Waals surface area contributed by atoms with Crippen LogP contribution in [-0.2, 0) is 11.2 Å². The van der Waals surface area contributed by atoms with E-state index in [1.54, 1.807) is 12.1 Å². The lowest BCUT2D eigenvalue weighted by Gasteiger charge is -2.17. The molecule has 0 radical (unpaired) electrons. The second kappa shape index (κ2) is 7.01. The number of hydrogen-bond donors (Lipinski definition) is 3. The van der Waals surface area contributed by atoms with Gasteiger partial charge in [0, 0.05) is 6.04 Å². The third-order valence-corrected chi connectivity index (χ3v) is 2.80. The number of phenols is 1. The molecular weight excluding hydrogens is 228 g/mol. The molecule has 0 bridgehead atoms. The first kappa shape index (κ1) is 14.5. The fourth-order valence-corrected chi connectivity index (χ4v) is 1.83. The average molecular weight is 250 g/mol. The Balaban J connectivity index is 2.43. The van der Waals surface area contributed by atoms with Gasteiger partial charge in [-0.2, -0.15) is 0 Å². The molecule has 0 heterocycles. The van der Waals surface area contributed by atoms with E-state index in [2.05, 4.69) is 5.32 Å². The molecule has 0 spiro atoms. The highest BCUT2D eigenvalue weighted by Gasteiger charge is 2.14. The molecule has 1 rings (SSSR count). The van der Waals surface area contributed by atoms with Crippen molar-refractivity contribution in [2.24, 2.45) is 5.73 Å². The van der Waals surface area contributed by atoms with E-state index < -0.39 is 6.04 Å². The van der Waals surface area contributed by atoms with Crippen LogP contribution in [0.15, 0.2) is 24.3 Å². The molecule has 0 aliphatic heterocycles. The summed E-state index contributed by atoms with van der Waals surface area (Å²) in [5.41, 5.74) is 6.82. The van der Waals surface area contributed by atoms with Crippen LogP contribution >= 0.6 is 0 Å². The van der Waals surface area contributed by atoms with Crippen LogP contribution in [0.5, 0.6) is 5.75 Å². The van der Waals surface area contributed by atoms with Crippen molar-refractivity contribution in [1.82, 2.24) is 5.32 Å². The predicted octanol–water partition coefficient (Wildman–Crippen LogP) is 1.57. The molecule has 4 N–H and O–H groups in total. The maximum Gasteiger partial charge on any atom is 0.237 e. The molecule has 18 heavy (non-hydrogen) atoms. The van der Waals surface area contributed by atoms with Crippen molar-refractivity contribution in [3.8, 4) is 5.75 Å². The van der Waals surface area contributed by atoms with E-state index in [0.717, 1.165) is 18.4 Å². The minimum absolute atomic E-state index is 0.0324. The van der Waals surface area contributed by atoms with Crippen molar-refractivity contribution in [3.63, 3.8) is 0 Å². The molecular formula is C14H22N2O2. The number of hydrogen-bond acceptors (Lipinski definition) is 3. The summed E-state index contributed by atoms with van der Waals surface area (Å²) in [5.74, 6) is 0.156. The summed E-state index contributed by atoms with van der Waals surface area (Å²) in [7, 11) is 0. The highest BCUT2D eigenvalue weighted by atomic mass is 16.3. The zero-order valence-electron chi connectivity index (χ0n) is 11.0. The lowest BCUT2D eigenvalue weighted by molar-refractivity contribution is -0.123. The smallest absolute Gasteiger partial charge is 0.237 e. The molecule has 1 amide bonds. The Morgan fingerprint density at radius 1 is 1.39 bits per heavy atom. The van der Waals surface area contributed by atoms with Crippen molar-refractivity contribution in [2.75, 3.05) is 0 Å². The normalized spacial score (nSPS) is 13.9. The summed E-state index contributed by atoms with van der Waals surface area (Å²) in [5, 5.41) is 12.1. The van der Waals surface area contributed by atoms with E-state index in [0.29, 0.717) is 6.42 Å². The zero-order chi connectivity index (χ0) is 13.5. The SMILES string of the molecule is CCC[C@H](N)C(=O)N[C@@H](C)Cc1ccc(O)cc1. The second-order valence-electron chi connectivity index (χ2n) is 4.68. The number of nitrogens with one attached hydrogen (secondary N) is 1. The van der Waals surface area contributed by atoms with E-state index >= 15 is 0 Å². The monoisotopic (exact) mass is 250 g/mol. The van der Waals surface area contributed by atoms with Gasteiger partial charge in [0.05, 0.1) is 6.04 Å². The van der Waals surface area contributed by atoms with Gasteiger partial charge in [-0.1, -0.05) is 25.5 Å². The topological polar surface area (TPSA) is 75.4 Å². The molecule has 0 fully saturated rings. The minimum atomic E-state index is -0.419. The standard InChI is InChI=1S/C14H22N2O2/c1-3-4-13(15)14(18)16-10(2)9-11-5-7-12(17)8-6-11/h5-8,10,13,17H,3-4,9,15H2,1-2H3,(H,16,18)/t10-,13-/m0/s1. The maximum atomic E-state index is 11.7. The van der Waals surface area contributed by atoms with E-state index in [-0.39, 0.29) is 17.7 Å². The van der Waals surface area contributed by atoms with Gasteiger partial charge in [-0.3, -0.25) is 4.79 Å². The largest absolute Gasteiger partial charge is 0.508 e. The summed E-state index contributed by atoms with van der Waals surface area (Å²) < 4.78 is 0. The molecule has 0 aliphatic rings. The fraction of sp³-hybridized carbons (Fsp3) is 0.500. The summed E-state index contributed by atoms with van der Waals surface area (Å²) in [6.07, 6.45) is 2.34. The van der Waals surface area contributed by atoms with Gasteiger partial charge >= 0.3 is 0 Å². The third kappa shape index (κ3) is 4.75. The van der Waals surface area contributed by atoms with Gasteiger partial charge < -0.3 is 16.2 Å². The Kier molecular flexibility index (Phi) is 5.65. The fourth-order valence-electron chi connectivity index (χ4n) is 1.83. The summed E-state index contributed by atoms with van der Waals surface area (Å²) in [6.45, 7) is 3.95. The summed E-state index contributed by atoms with van der Waals surface area (Å²) in [6, 6.07) is 6.61. The number of aromatic hydroxyl groups is 1. The van der Waals surface area contributed by atoms with Crippen LogP contribution in [0.3, 0.4) is 0 Å². The van der Waals surface area contributed by atoms with Crippen LogP contribution in [0.1, 0.15) is 32.3 Å². The maximum absolute atomic E-state index is 11.7. The van der Waals surface area contributed by atoms with Crippen LogP contribution in [0, 0.1) is 0 Å². The van der Waals surface area contributed by atoms with Crippen molar-refractivity contribution in [2.45, 2.75) is 45.2 Å². The first-order valence-corrected chi connectivity index (χ1v) is 6.36. The Morgan fingerprint density at radius 2 is 2.00 bits per heavy atom. The first-order chi connectivity index (χ1) is 8.52. The summed E-state index contributed by atoms with van der Waals surface area (Å²) >= 11 is 0. The van der Waals surface area contributed by atoms with Crippen molar-refractivity contribution in [3.05, 3.63) is 29.8 Å². The third-order valence-electron chi connectivity index (χ3n) is 2.80. The van der Waals surface area contributed by atoms with Gasteiger partial charge in [-0.15, -0.1) is 0 Å². The van der Waals surface area contributed by atoms with Crippen LogP contribution in [0.4, 0.5) is 0 Å². The molecule has 0 saturated carbocycles. The molecule has 0 aromatic heterocycles. The van der Waals surface area contributed by atoms with Gasteiger partial charge in [-0.05, 0) is 37.5 Å². The first-order valence-electron chi connectivity index (χ1n) is 6.36. The Labute approximate surface area is 108 Å². The van der Waals surface area contributed by atoms with Crippen molar-refractivity contribution in [1.29, 1.82) is 0 Å². The van der Waals surface area contributed by atoms with Gasteiger partial charge in [0.25, 0.3) is 0 Å². The lowest BCUT2D eigenvalue weighted by Crippen LogP contribution is -2.45. The molecule has 2 atom stereocenters. The molecule has 0 saturated heterocycles. The predicted molar refractivity (Wildman–Crippen MR) is 72.3 cm³/mol. The molecule has 100 valence electrons. The molecule has 4 nitrogen and oxygen atoms in total. The zero-order valence-corrected chi connectivity index (χ0v) is 11.0. The van der Waals surface area contributed by atoms with Gasteiger partial charge in [0.2, 0.25) is 5.91 Å². The Morgan fingerprint density at radius 3 is 2.56 bits per heavy atom. The van der Waals surface area contributed by atoms with Crippen molar-refractivity contribution < 1.29 is 9.90 Å². The Hall–Kier alpha value is -1.55. The van der Waals surface area contributed by atoms with Crippen LogP contribution in [0.2, 0.25) is 0 Å². The van der Waals surface area contributed by atoms with Crippen LogP contribution < -0.4 is 11.1 Å². The number of nitrogens with two attached hydrogens (primary N) is 1. The van der Waals surface area contributed by atoms with E-state index in [9.17, 15) is 9.90 Å². The molecule has 4 heteroatoms. The quantitative estimate of drug-likeness (QED) is 0.717. The molecule has 0 unspecified atom stereocenters. The highest BCUT2D eigenvalue weighted by Crippen LogP contribution is 2.11. The molecule has 1 aromatic carbocycles. The number of carbonyl (C=O) groups excluding carboxylic acids is 1. The molecule has 0 aliphatic carbocycles. The number of benzene rings is 1. The number of amides is 1. The number of carbonyl (C=O) groups is 1. The van der Waals surface area contributed by atoms with Gasteiger partial charge in [-0.25, -0.2) is 0 Å². The van der Waals surface area contributed by atoms with Gasteiger partial charge in [0.15, 0.2) is 0 Å². The average Bonchev–Trinajstić information content (AvgIpc) is 2.32. The second-order valence-corrected chi connectivity index (χ2v) is 4.68. The minimum Gasteiger partial charge on any atom is -0.508 e. The lowest BCUT2D eigenvalue weighted by atomic mass is 10.1. The number of rotatable bonds is 6. The van der Waals surface area contributed by atoms with Crippen LogP contribution in [-0.4, -0.2) is 23.1 Å². The summed E-state index contributed by atoms with van der Waals surface area (Å²) in [4.78, 5) is 11.7. The highest BCUT2D eigenvalue weighted by molar-refractivity contribution is 5.81. The van der Waals surface area contributed by atoms with Crippen molar-refractivity contribution >= 4 is 5.91 Å². The van der Waals surface area contributed by atoms with E-state index in [4.69, 9.17) is 5.73 Å². The van der Waals surface area contributed by atoms with E-state index in [1.807, 2.05) is 26.0 Å². The Bertz CT molecular complexity index is 376.